The van der Waals surface area contributed by atoms with E-state index in [-0.39, 0.29) is 5.97 Å². The summed E-state index contributed by atoms with van der Waals surface area (Å²) in [6.07, 6.45) is 3.00. The highest BCUT2D eigenvalue weighted by Gasteiger charge is 2.15. The maximum absolute atomic E-state index is 11.6. The molecule has 0 radical (unpaired) electrons. The number of ether oxygens (including phenoxy) is 1. The molecule has 128 valence electrons. The van der Waals surface area contributed by atoms with Crippen molar-refractivity contribution >= 4 is 5.97 Å². The normalized spacial score (nSPS) is 10.6. The molecule has 4 heteroatoms. The summed E-state index contributed by atoms with van der Waals surface area (Å²) < 4.78 is 7.13. The molecule has 0 saturated heterocycles. The number of carbonyl (C=O) groups is 1. The molecular weight excluding hydrogens is 312 g/mol. The molecule has 25 heavy (non-hydrogen) atoms. The minimum Gasteiger partial charge on any atom is -0.466 e. The van der Waals surface area contributed by atoms with Gasteiger partial charge in [0.2, 0.25) is 0 Å². The Hall–Kier alpha value is -2.88. The fourth-order valence-electron chi connectivity index (χ4n) is 2.88. The van der Waals surface area contributed by atoms with E-state index in [2.05, 4.69) is 33.8 Å². The van der Waals surface area contributed by atoms with Crippen LogP contribution in [0.4, 0.5) is 0 Å². The molecule has 0 saturated carbocycles. The van der Waals surface area contributed by atoms with E-state index in [1.807, 2.05) is 49.6 Å². The number of aromatic nitrogens is 2. The second kappa shape index (κ2) is 8.29. The predicted octanol–water partition coefficient (Wildman–Crippen LogP) is 4.56. The van der Waals surface area contributed by atoms with Crippen LogP contribution in [0.25, 0.3) is 22.5 Å². The van der Waals surface area contributed by atoms with Gasteiger partial charge in [-0.3, -0.25) is 4.79 Å². The van der Waals surface area contributed by atoms with E-state index in [1.165, 1.54) is 0 Å². The minimum atomic E-state index is -0.146. The number of benzene rings is 2. The summed E-state index contributed by atoms with van der Waals surface area (Å²) in [6.45, 7) is 2.98. The van der Waals surface area contributed by atoms with E-state index in [0.717, 1.165) is 35.5 Å². The van der Waals surface area contributed by atoms with Crippen LogP contribution in [0, 0.1) is 0 Å². The van der Waals surface area contributed by atoms with Crippen molar-refractivity contribution in [2.24, 2.45) is 0 Å². The Morgan fingerprint density at radius 1 is 1.00 bits per heavy atom. The number of aryl methyl sites for hydroxylation is 1. The lowest BCUT2D eigenvalue weighted by Crippen LogP contribution is -2.06. The summed E-state index contributed by atoms with van der Waals surface area (Å²) in [5.41, 5.74) is 4.25. The first-order valence-corrected chi connectivity index (χ1v) is 8.61. The zero-order valence-electron chi connectivity index (χ0n) is 14.4. The fraction of sp³-hybridized carbons (Fsp3) is 0.238. The highest BCUT2D eigenvalue weighted by Crippen LogP contribution is 2.31. The number of imidazole rings is 1. The zero-order valence-corrected chi connectivity index (χ0v) is 14.4. The summed E-state index contributed by atoms with van der Waals surface area (Å²) >= 11 is 0. The van der Waals surface area contributed by atoms with Gasteiger partial charge in [-0.05, 0) is 13.3 Å². The maximum atomic E-state index is 11.6. The summed E-state index contributed by atoms with van der Waals surface area (Å²) in [5, 5.41) is 0. The van der Waals surface area contributed by atoms with Gasteiger partial charge in [0, 0.05) is 24.1 Å². The average molecular weight is 334 g/mol. The van der Waals surface area contributed by atoms with E-state index in [1.54, 1.807) is 0 Å². The predicted molar refractivity (Wildman–Crippen MR) is 99.0 cm³/mol. The van der Waals surface area contributed by atoms with Crippen molar-refractivity contribution in [3.05, 3.63) is 67.0 Å². The van der Waals surface area contributed by atoms with E-state index < -0.39 is 0 Å². The Morgan fingerprint density at radius 2 is 1.64 bits per heavy atom. The first-order valence-electron chi connectivity index (χ1n) is 8.61. The number of carbonyl (C=O) groups excluding carboxylic acids is 1. The smallest absolute Gasteiger partial charge is 0.305 e. The molecule has 4 nitrogen and oxygen atoms in total. The van der Waals surface area contributed by atoms with E-state index in [0.29, 0.717) is 13.0 Å². The van der Waals surface area contributed by atoms with Gasteiger partial charge in [-0.15, -0.1) is 0 Å². The Balaban J connectivity index is 1.88. The molecule has 2 aromatic carbocycles. The molecule has 0 aliphatic rings. The van der Waals surface area contributed by atoms with Crippen molar-refractivity contribution in [2.75, 3.05) is 6.61 Å². The minimum absolute atomic E-state index is 0.146. The van der Waals surface area contributed by atoms with E-state index in [9.17, 15) is 4.79 Å². The lowest BCUT2D eigenvalue weighted by atomic mass is 10.0. The van der Waals surface area contributed by atoms with Crippen LogP contribution >= 0.6 is 0 Å². The average Bonchev–Trinajstić information content (AvgIpc) is 3.07. The Kier molecular flexibility index (Phi) is 5.62. The highest BCUT2D eigenvalue weighted by molar-refractivity contribution is 5.78. The first kappa shape index (κ1) is 17.0. The number of hydrogen-bond acceptors (Lipinski definition) is 3. The van der Waals surface area contributed by atoms with Gasteiger partial charge in [0.05, 0.1) is 24.3 Å². The van der Waals surface area contributed by atoms with E-state index >= 15 is 0 Å². The molecule has 0 unspecified atom stereocenters. The first-order chi connectivity index (χ1) is 12.3. The molecule has 0 aliphatic heterocycles. The van der Waals surface area contributed by atoms with Gasteiger partial charge in [0.1, 0.15) is 0 Å². The lowest BCUT2D eigenvalue weighted by Gasteiger charge is -2.10. The SMILES string of the molecule is CCOC(=O)CCCn1cnc(-c2ccccc2)c1-c1ccccc1. The van der Waals surface area contributed by atoms with Gasteiger partial charge >= 0.3 is 5.97 Å². The number of esters is 1. The highest BCUT2D eigenvalue weighted by atomic mass is 16.5. The maximum Gasteiger partial charge on any atom is 0.305 e. The largest absolute Gasteiger partial charge is 0.466 e. The molecule has 0 bridgehead atoms. The van der Waals surface area contributed by atoms with Gasteiger partial charge in [0.25, 0.3) is 0 Å². The van der Waals surface area contributed by atoms with Crippen LogP contribution in [0.15, 0.2) is 67.0 Å². The zero-order chi connectivity index (χ0) is 17.5. The van der Waals surface area contributed by atoms with Crippen LogP contribution in [0.2, 0.25) is 0 Å². The van der Waals surface area contributed by atoms with Crippen LogP contribution in [-0.4, -0.2) is 22.1 Å². The van der Waals surface area contributed by atoms with Gasteiger partial charge in [0.15, 0.2) is 0 Å². The molecule has 0 spiro atoms. The quantitative estimate of drug-likeness (QED) is 0.595. The number of rotatable bonds is 7. The monoisotopic (exact) mass is 334 g/mol. The summed E-state index contributed by atoms with van der Waals surface area (Å²) in [4.78, 5) is 16.2. The fourth-order valence-corrected chi connectivity index (χ4v) is 2.88. The molecule has 0 aliphatic carbocycles. The molecule has 0 atom stereocenters. The van der Waals surface area contributed by atoms with Crippen molar-refractivity contribution in [3.8, 4) is 22.5 Å². The third-order valence-electron chi connectivity index (χ3n) is 4.02. The van der Waals surface area contributed by atoms with Gasteiger partial charge in [-0.2, -0.15) is 0 Å². The standard InChI is InChI=1S/C21H22N2O2/c1-2-25-19(24)14-9-15-23-16-22-20(17-10-5-3-6-11-17)21(23)18-12-7-4-8-13-18/h3-8,10-13,16H,2,9,14-15H2,1H3. The third-order valence-corrected chi connectivity index (χ3v) is 4.02. The summed E-state index contributed by atoms with van der Waals surface area (Å²) in [7, 11) is 0. The molecule has 0 N–H and O–H groups in total. The third kappa shape index (κ3) is 4.15. The summed E-state index contributed by atoms with van der Waals surface area (Å²) in [5.74, 6) is -0.146. The second-order valence-electron chi connectivity index (χ2n) is 5.78. The van der Waals surface area contributed by atoms with Crippen molar-refractivity contribution in [2.45, 2.75) is 26.3 Å². The van der Waals surface area contributed by atoms with Crippen LogP contribution in [0.5, 0.6) is 0 Å². The molecule has 3 rings (SSSR count). The Labute approximate surface area is 148 Å². The summed E-state index contributed by atoms with van der Waals surface area (Å²) in [6, 6.07) is 20.4. The molecule has 3 aromatic rings. The lowest BCUT2D eigenvalue weighted by molar-refractivity contribution is -0.143. The van der Waals surface area contributed by atoms with Crippen molar-refractivity contribution < 1.29 is 9.53 Å². The number of nitrogens with zero attached hydrogens (tertiary/aromatic N) is 2. The Morgan fingerprint density at radius 3 is 2.28 bits per heavy atom. The molecule has 0 fully saturated rings. The second-order valence-corrected chi connectivity index (χ2v) is 5.78. The number of hydrogen-bond donors (Lipinski definition) is 0. The van der Waals surface area contributed by atoms with Gasteiger partial charge in [-0.1, -0.05) is 60.7 Å². The van der Waals surface area contributed by atoms with Gasteiger partial charge < -0.3 is 9.30 Å². The van der Waals surface area contributed by atoms with Crippen LogP contribution in [-0.2, 0) is 16.1 Å². The topological polar surface area (TPSA) is 44.1 Å². The van der Waals surface area contributed by atoms with Crippen LogP contribution in [0.1, 0.15) is 19.8 Å². The van der Waals surface area contributed by atoms with E-state index in [4.69, 9.17) is 4.74 Å². The molecular formula is C21H22N2O2. The molecule has 1 aromatic heterocycles. The van der Waals surface area contributed by atoms with Crippen molar-refractivity contribution in [1.29, 1.82) is 0 Å². The molecule has 0 amide bonds. The van der Waals surface area contributed by atoms with Crippen LogP contribution in [0.3, 0.4) is 0 Å². The van der Waals surface area contributed by atoms with Gasteiger partial charge in [-0.25, -0.2) is 4.98 Å². The Bertz CT molecular complexity index is 810. The van der Waals surface area contributed by atoms with Crippen molar-refractivity contribution in [1.82, 2.24) is 9.55 Å². The van der Waals surface area contributed by atoms with Crippen LogP contribution < -0.4 is 0 Å². The van der Waals surface area contributed by atoms with Crippen molar-refractivity contribution in [3.63, 3.8) is 0 Å². The molecule has 1 heterocycles.